The molecule has 1 heterocycles. The summed E-state index contributed by atoms with van der Waals surface area (Å²) in [5, 5.41) is 3.53. The molecule has 3 rings (SSSR count). The Kier molecular flexibility index (Phi) is 6.62. The molecule has 0 bridgehead atoms. The SMILES string of the molecule is COc1cc(Cl)c(C)cc1NC(=O)CN1CCCc2c(N)cccc21.Cl. The van der Waals surface area contributed by atoms with Gasteiger partial charge >= 0.3 is 0 Å². The lowest BCUT2D eigenvalue weighted by atomic mass is 10.00. The predicted octanol–water partition coefficient (Wildman–Crippen LogP) is 4.05. The van der Waals surface area contributed by atoms with Gasteiger partial charge in [0.2, 0.25) is 5.91 Å². The molecule has 140 valence electrons. The average Bonchev–Trinajstić information content (AvgIpc) is 2.59. The molecule has 0 radical (unpaired) electrons. The van der Waals surface area contributed by atoms with Gasteiger partial charge in [0.25, 0.3) is 0 Å². The molecule has 1 amide bonds. The van der Waals surface area contributed by atoms with Gasteiger partial charge in [0, 0.05) is 29.0 Å². The molecule has 2 aromatic rings. The van der Waals surface area contributed by atoms with E-state index in [4.69, 9.17) is 22.1 Å². The number of methoxy groups -OCH3 is 1. The second kappa shape index (κ2) is 8.52. The zero-order valence-electron chi connectivity index (χ0n) is 14.8. The van der Waals surface area contributed by atoms with E-state index in [1.807, 2.05) is 31.2 Å². The third-order valence-corrected chi connectivity index (χ3v) is 4.88. The molecule has 0 aliphatic carbocycles. The molecule has 5 nitrogen and oxygen atoms in total. The number of anilines is 3. The molecule has 0 spiro atoms. The number of benzene rings is 2. The van der Waals surface area contributed by atoms with Gasteiger partial charge < -0.3 is 20.7 Å². The molecule has 0 unspecified atom stereocenters. The van der Waals surface area contributed by atoms with Crippen molar-refractivity contribution in [2.75, 3.05) is 36.1 Å². The largest absolute Gasteiger partial charge is 0.495 e. The standard InChI is InChI=1S/C19H22ClN3O2.ClH/c1-12-9-16(18(25-2)10-14(12)20)22-19(24)11-23-8-4-5-13-15(21)6-3-7-17(13)23;/h3,6-7,9-10H,4-5,8,11,21H2,1-2H3,(H,22,24);1H. The fraction of sp³-hybridized carbons (Fsp3) is 0.316. The van der Waals surface area contributed by atoms with Gasteiger partial charge in [0.1, 0.15) is 5.75 Å². The van der Waals surface area contributed by atoms with Crippen LogP contribution in [0.2, 0.25) is 5.02 Å². The zero-order valence-corrected chi connectivity index (χ0v) is 16.4. The van der Waals surface area contributed by atoms with Crippen molar-refractivity contribution in [3.05, 3.63) is 46.5 Å². The van der Waals surface area contributed by atoms with E-state index < -0.39 is 0 Å². The minimum atomic E-state index is -0.102. The predicted molar refractivity (Wildman–Crippen MR) is 110 cm³/mol. The smallest absolute Gasteiger partial charge is 0.243 e. The Morgan fingerprint density at radius 1 is 1.38 bits per heavy atom. The minimum Gasteiger partial charge on any atom is -0.495 e. The molecule has 0 atom stereocenters. The van der Waals surface area contributed by atoms with E-state index >= 15 is 0 Å². The van der Waals surface area contributed by atoms with E-state index in [0.717, 1.165) is 41.9 Å². The second-order valence-corrected chi connectivity index (χ2v) is 6.63. The van der Waals surface area contributed by atoms with Crippen molar-refractivity contribution in [3.63, 3.8) is 0 Å². The Labute approximate surface area is 164 Å². The molecule has 1 aliphatic rings. The fourth-order valence-electron chi connectivity index (χ4n) is 3.18. The quantitative estimate of drug-likeness (QED) is 0.766. The number of aryl methyl sites for hydroxylation is 1. The van der Waals surface area contributed by atoms with Crippen molar-refractivity contribution >= 4 is 47.0 Å². The van der Waals surface area contributed by atoms with Crippen LogP contribution in [0.3, 0.4) is 0 Å². The van der Waals surface area contributed by atoms with Crippen LogP contribution in [0, 0.1) is 6.92 Å². The molecule has 0 aromatic heterocycles. The summed E-state index contributed by atoms with van der Waals surface area (Å²) in [6, 6.07) is 9.38. The van der Waals surface area contributed by atoms with E-state index in [0.29, 0.717) is 16.5 Å². The fourth-order valence-corrected chi connectivity index (χ4v) is 3.34. The number of hydrogen-bond donors (Lipinski definition) is 2. The van der Waals surface area contributed by atoms with Gasteiger partial charge in [-0.15, -0.1) is 12.4 Å². The van der Waals surface area contributed by atoms with Gasteiger partial charge in [0.15, 0.2) is 0 Å². The summed E-state index contributed by atoms with van der Waals surface area (Å²) in [6.07, 6.45) is 1.93. The summed E-state index contributed by atoms with van der Waals surface area (Å²) >= 11 is 6.11. The Morgan fingerprint density at radius 3 is 2.88 bits per heavy atom. The first-order valence-corrected chi connectivity index (χ1v) is 8.63. The van der Waals surface area contributed by atoms with E-state index in [9.17, 15) is 4.79 Å². The summed E-state index contributed by atoms with van der Waals surface area (Å²) < 4.78 is 5.31. The summed E-state index contributed by atoms with van der Waals surface area (Å²) in [5.41, 5.74) is 10.5. The van der Waals surface area contributed by atoms with Crippen LogP contribution in [0.1, 0.15) is 17.5 Å². The monoisotopic (exact) mass is 395 g/mol. The molecule has 0 fully saturated rings. The molecular formula is C19H23Cl2N3O2. The number of nitrogens with one attached hydrogen (secondary N) is 1. The summed E-state index contributed by atoms with van der Waals surface area (Å²) in [5.74, 6) is 0.447. The number of hydrogen-bond acceptors (Lipinski definition) is 4. The second-order valence-electron chi connectivity index (χ2n) is 6.22. The van der Waals surface area contributed by atoms with Gasteiger partial charge in [-0.2, -0.15) is 0 Å². The van der Waals surface area contributed by atoms with Crippen LogP contribution in [-0.2, 0) is 11.2 Å². The van der Waals surface area contributed by atoms with Crippen LogP contribution < -0.4 is 20.7 Å². The average molecular weight is 396 g/mol. The maximum atomic E-state index is 12.6. The first-order chi connectivity index (χ1) is 12.0. The molecule has 1 aliphatic heterocycles. The highest BCUT2D eigenvalue weighted by Gasteiger charge is 2.21. The van der Waals surface area contributed by atoms with E-state index in [2.05, 4.69) is 10.2 Å². The van der Waals surface area contributed by atoms with Gasteiger partial charge in [0.05, 0.1) is 19.3 Å². The third-order valence-electron chi connectivity index (χ3n) is 4.47. The van der Waals surface area contributed by atoms with Gasteiger partial charge in [-0.05, 0) is 49.1 Å². The van der Waals surface area contributed by atoms with Crippen LogP contribution in [0.15, 0.2) is 30.3 Å². The lowest BCUT2D eigenvalue weighted by Gasteiger charge is -2.31. The molecular weight excluding hydrogens is 373 g/mol. The molecule has 0 saturated heterocycles. The highest BCUT2D eigenvalue weighted by Crippen LogP contribution is 2.32. The number of halogens is 2. The first-order valence-electron chi connectivity index (χ1n) is 8.26. The van der Waals surface area contributed by atoms with E-state index in [1.165, 1.54) is 0 Å². The maximum absolute atomic E-state index is 12.6. The Hall–Kier alpha value is -2.11. The van der Waals surface area contributed by atoms with Crippen molar-refractivity contribution < 1.29 is 9.53 Å². The normalized spacial score (nSPS) is 12.8. The minimum absolute atomic E-state index is 0. The van der Waals surface area contributed by atoms with Crippen molar-refractivity contribution in [2.45, 2.75) is 19.8 Å². The Morgan fingerprint density at radius 2 is 2.15 bits per heavy atom. The number of nitrogens with two attached hydrogens (primary N) is 1. The number of nitrogen functional groups attached to an aromatic ring is 1. The molecule has 7 heteroatoms. The van der Waals surface area contributed by atoms with Crippen molar-refractivity contribution in [2.24, 2.45) is 0 Å². The molecule has 0 saturated carbocycles. The third kappa shape index (κ3) is 4.17. The van der Waals surface area contributed by atoms with Crippen LogP contribution >= 0.6 is 24.0 Å². The Bertz CT molecular complexity index is 812. The Balaban J connectivity index is 0.00000243. The van der Waals surface area contributed by atoms with Crippen molar-refractivity contribution in [3.8, 4) is 5.75 Å². The number of carbonyl (C=O) groups excluding carboxylic acids is 1. The lowest BCUT2D eigenvalue weighted by Crippen LogP contribution is -2.37. The highest BCUT2D eigenvalue weighted by atomic mass is 35.5. The van der Waals surface area contributed by atoms with Gasteiger partial charge in [-0.3, -0.25) is 4.79 Å². The summed E-state index contributed by atoms with van der Waals surface area (Å²) in [4.78, 5) is 14.6. The van der Waals surface area contributed by atoms with Crippen molar-refractivity contribution in [1.29, 1.82) is 0 Å². The number of amides is 1. The number of nitrogens with zero attached hydrogens (tertiary/aromatic N) is 1. The molecule has 3 N–H and O–H groups in total. The number of rotatable bonds is 4. The topological polar surface area (TPSA) is 67.6 Å². The maximum Gasteiger partial charge on any atom is 0.243 e. The van der Waals surface area contributed by atoms with Crippen LogP contribution in [0.4, 0.5) is 17.1 Å². The number of ether oxygens (including phenoxy) is 1. The first kappa shape index (κ1) is 20.2. The summed E-state index contributed by atoms with van der Waals surface area (Å²) in [7, 11) is 1.56. The highest BCUT2D eigenvalue weighted by molar-refractivity contribution is 6.31. The molecule has 2 aromatic carbocycles. The summed E-state index contributed by atoms with van der Waals surface area (Å²) in [6.45, 7) is 2.99. The van der Waals surface area contributed by atoms with Crippen molar-refractivity contribution in [1.82, 2.24) is 0 Å². The number of carbonyl (C=O) groups is 1. The van der Waals surface area contributed by atoms with Crippen LogP contribution in [0.25, 0.3) is 0 Å². The van der Waals surface area contributed by atoms with Crippen LogP contribution in [-0.4, -0.2) is 26.1 Å². The lowest BCUT2D eigenvalue weighted by molar-refractivity contribution is -0.115. The van der Waals surface area contributed by atoms with Crippen LogP contribution in [0.5, 0.6) is 5.75 Å². The zero-order chi connectivity index (χ0) is 18.0. The van der Waals surface area contributed by atoms with Gasteiger partial charge in [-0.1, -0.05) is 17.7 Å². The number of fused-ring (bicyclic) bond motifs is 1. The molecule has 26 heavy (non-hydrogen) atoms. The van der Waals surface area contributed by atoms with Gasteiger partial charge in [-0.25, -0.2) is 0 Å². The van der Waals surface area contributed by atoms with E-state index in [1.54, 1.807) is 13.2 Å². The van der Waals surface area contributed by atoms with E-state index in [-0.39, 0.29) is 24.9 Å².